The van der Waals surface area contributed by atoms with Crippen LogP contribution in [0.3, 0.4) is 0 Å². The SMILES string of the molecule is CC=CC1CCC(c2ccc(-c3ccc(-c4ccc(OCCCC)c(F)c4F)cc3)cc2F)CC1. The standard InChI is InChI=1S/C31H33F3O/c1-3-5-19-35-29-18-17-27(30(33)31(29)34)24-13-11-22(12-14-24)25-15-16-26(28(32)20-25)23-9-7-21(6-4-2)8-10-23/h4,6,11-18,20-21,23H,3,5,7-10,19H2,1-2H3. The molecule has 0 aromatic heterocycles. The maximum absolute atomic E-state index is 15.0. The Bertz CT molecular complexity index is 1160. The van der Waals surface area contributed by atoms with Gasteiger partial charge in [0.2, 0.25) is 5.82 Å². The van der Waals surface area contributed by atoms with E-state index < -0.39 is 11.6 Å². The van der Waals surface area contributed by atoms with Crippen LogP contribution in [0.4, 0.5) is 13.2 Å². The number of ether oxygens (including phenoxy) is 1. The molecule has 1 fully saturated rings. The molecule has 1 saturated carbocycles. The Balaban J connectivity index is 1.48. The van der Waals surface area contributed by atoms with Gasteiger partial charge in [-0.25, -0.2) is 8.78 Å². The van der Waals surface area contributed by atoms with Crippen molar-refractivity contribution in [2.45, 2.75) is 58.3 Å². The minimum Gasteiger partial charge on any atom is -0.490 e. The van der Waals surface area contributed by atoms with Gasteiger partial charge in [-0.15, -0.1) is 0 Å². The van der Waals surface area contributed by atoms with Gasteiger partial charge in [0.05, 0.1) is 6.61 Å². The van der Waals surface area contributed by atoms with Gasteiger partial charge < -0.3 is 4.74 Å². The van der Waals surface area contributed by atoms with Gasteiger partial charge in [0.25, 0.3) is 0 Å². The highest BCUT2D eigenvalue weighted by Crippen LogP contribution is 2.38. The van der Waals surface area contributed by atoms with Gasteiger partial charge in [-0.1, -0.05) is 61.9 Å². The largest absolute Gasteiger partial charge is 0.490 e. The van der Waals surface area contributed by atoms with Crippen molar-refractivity contribution in [2.24, 2.45) is 5.92 Å². The molecule has 35 heavy (non-hydrogen) atoms. The van der Waals surface area contributed by atoms with E-state index in [-0.39, 0.29) is 23.0 Å². The number of unbranched alkanes of at least 4 members (excludes halogenated alkanes) is 1. The van der Waals surface area contributed by atoms with Crippen molar-refractivity contribution in [3.8, 4) is 28.0 Å². The predicted octanol–water partition coefficient (Wildman–Crippen LogP) is 9.47. The Labute approximate surface area is 206 Å². The third kappa shape index (κ3) is 5.80. The number of rotatable bonds is 8. The molecule has 0 N–H and O–H groups in total. The van der Waals surface area contributed by atoms with Crippen LogP contribution in [-0.4, -0.2) is 6.61 Å². The van der Waals surface area contributed by atoms with Gasteiger partial charge in [0, 0.05) is 5.56 Å². The van der Waals surface area contributed by atoms with Gasteiger partial charge in [-0.2, -0.15) is 4.39 Å². The molecule has 0 amide bonds. The molecular weight excluding hydrogens is 445 g/mol. The second-order valence-electron chi connectivity index (χ2n) is 9.39. The minimum atomic E-state index is -0.972. The van der Waals surface area contributed by atoms with Crippen molar-refractivity contribution in [1.29, 1.82) is 0 Å². The molecule has 184 valence electrons. The number of hydrogen-bond acceptors (Lipinski definition) is 1. The van der Waals surface area contributed by atoms with Crippen molar-refractivity contribution in [3.05, 3.63) is 89.8 Å². The lowest BCUT2D eigenvalue weighted by atomic mass is 9.78. The van der Waals surface area contributed by atoms with Gasteiger partial charge in [-0.3, -0.25) is 0 Å². The topological polar surface area (TPSA) is 9.23 Å². The van der Waals surface area contributed by atoms with Crippen molar-refractivity contribution < 1.29 is 17.9 Å². The Hall–Kier alpha value is -3.01. The van der Waals surface area contributed by atoms with Crippen LogP contribution in [0.25, 0.3) is 22.3 Å². The van der Waals surface area contributed by atoms with Crippen molar-refractivity contribution in [3.63, 3.8) is 0 Å². The van der Waals surface area contributed by atoms with Crippen molar-refractivity contribution in [1.82, 2.24) is 0 Å². The van der Waals surface area contributed by atoms with Crippen LogP contribution in [-0.2, 0) is 0 Å². The van der Waals surface area contributed by atoms with Crippen LogP contribution < -0.4 is 4.74 Å². The smallest absolute Gasteiger partial charge is 0.201 e. The van der Waals surface area contributed by atoms with E-state index >= 15 is 4.39 Å². The van der Waals surface area contributed by atoms with E-state index in [4.69, 9.17) is 4.74 Å². The average molecular weight is 479 g/mol. The zero-order chi connectivity index (χ0) is 24.8. The summed E-state index contributed by atoms with van der Waals surface area (Å²) in [6, 6.07) is 15.6. The lowest BCUT2D eigenvalue weighted by molar-refractivity contribution is 0.289. The van der Waals surface area contributed by atoms with E-state index in [9.17, 15) is 8.78 Å². The molecule has 0 radical (unpaired) electrons. The molecule has 0 heterocycles. The van der Waals surface area contributed by atoms with Gasteiger partial charge >= 0.3 is 0 Å². The number of halogens is 3. The fourth-order valence-electron chi connectivity index (χ4n) is 4.97. The molecule has 0 aliphatic heterocycles. The zero-order valence-electron chi connectivity index (χ0n) is 20.5. The van der Waals surface area contributed by atoms with Crippen molar-refractivity contribution >= 4 is 0 Å². The van der Waals surface area contributed by atoms with Crippen LogP contribution in [0.15, 0.2) is 66.7 Å². The zero-order valence-corrected chi connectivity index (χ0v) is 20.5. The summed E-state index contributed by atoms with van der Waals surface area (Å²) in [5.74, 6) is -1.26. The molecule has 0 unspecified atom stereocenters. The first-order chi connectivity index (χ1) is 17.0. The maximum Gasteiger partial charge on any atom is 0.201 e. The molecular formula is C31H33F3O. The third-order valence-electron chi connectivity index (χ3n) is 7.01. The van der Waals surface area contributed by atoms with Crippen LogP contribution in [0, 0.1) is 23.4 Å². The summed E-state index contributed by atoms with van der Waals surface area (Å²) in [5, 5.41) is 0. The summed E-state index contributed by atoms with van der Waals surface area (Å²) in [6.45, 7) is 4.41. The average Bonchev–Trinajstić information content (AvgIpc) is 2.88. The third-order valence-corrected chi connectivity index (χ3v) is 7.01. The maximum atomic E-state index is 15.0. The normalized spacial score (nSPS) is 18.2. The number of hydrogen-bond donors (Lipinski definition) is 0. The van der Waals surface area contributed by atoms with Crippen LogP contribution in [0.1, 0.15) is 63.9 Å². The van der Waals surface area contributed by atoms with Crippen LogP contribution >= 0.6 is 0 Å². The van der Waals surface area contributed by atoms with E-state index in [2.05, 4.69) is 12.2 Å². The molecule has 0 spiro atoms. The highest BCUT2D eigenvalue weighted by atomic mass is 19.2. The summed E-state index contributed by atoms with van der Waals surface area (Å²) < 4.78 is 49.6. The first kappa shape index (κ1) is 25.1. The first-order valence-electron chi connectivity index (χ1n) is 12.7. The van der Waals surface area contributed by atoms with Crippen molar-refractivity contribution in [2.75, 3.05) is 6.61 Å². The predicted molar refractivity (Wildman–Crippen MR) is 137 cm³/mol. The summed E-state index contributed by atoms with van der Waals surface area (Å²) in [7, 11) is 0. The lowest BCUT2D eigenvalue weighted by Crippen LogP contribution is -2.12. The Kier molecular flexibility index (Phi) is 8.33. The molecule has 1 aliphatic rings. The molecule has 3 aromatic carbocycles. The quantitative estimate of drug-likeness (QED) is 0.231. The molecule has 1 nitrogen and oxygen atoms in total. The summed E-state index contributed by atoms with van der Waals surface area (Å²) in [5.41, 5.74) is 3.12. The van der Waals surface area contributed by atoms with E-state index in [0.29, 0.717) is 18.1 Å². The molecule has 0 saturated heterocycles. The second kappa shape index (κ2) is 11.6. The second-order valence-corrected chi connectivity index (χ2v) is 9.39. The molecule has 0 bridgehead atoms. The molecule has 0 atom stereocenters. The number of benzene rings is 3. The highest BCUT2D eigenvalue weighted by Gasteiger charge is 2.23. The highest BCUT2D eigenvalue weighted by molar-refractivity contribution is 5.71. The fraction of sp³-hybridized carbons (Fsp3) is 0.355. The Morgan fingerprint density at radius 1 is 0.829 bits per heavy atom. The van der Waals surface area contributed by atoms with E-state index in [1.807, 2.05) is 38.1 Å². The van der Waals surface area contributed by atoms with E-state index in [1.54, 1.807) is 18.2 Å². The molecule has 1 aliphatic carbocycles. The van der Waals surface area contributed by atoms with E-state index in [0.717, 1.165) is 55.2 Å². The van der Waals surface area contributed by atoms with E-state index in [1.165, 1.54) is 12.1 Å². The van der Waals surface area contributed by atoms with Gasteiger partial charge in [-0.05, 0) is 91.3 Å². The Morgan fingerprint density at radius 2 is 1.51 bits per heavy atom. The van der Waals surface area contributed by atoms with Crippen LogP contribution in [0.5, 0.6) is 5.75 Å². The minimum absolute atomic E-state index is 0.0674. The summed E-state index contributed by atoms with van der Waals surface area (Å²) >= 11 is 0. The summed E-state index contributed by atoms with van der Waals surface area (Å²) in [6.07, 6.45) is 10.3. The first-order valence-corrected chi connectivity index (χ1v) is 12.7. The van der Waals surface area contributed by atoms with Gasteiger partial charge in [0.1, 0.15) is 5.82 Å². The van der Waals surface area contributed by atoms with Crippen LogP contribution in [0.2, 0.25) is 0 Å². The number of allylic oxidation sites excluding steroid dienone is 2. The molecule has 3 aromatic rings. The van der Waals surface area contributed by atoms with Gasteiger partial charge in [0.15, 0.2) is 11.6 Å². The molecule has 4 rings (SSSR count). The lowest BCUT2D eigenvalue weighted by Gasteiger charge is -2.27. The molecule has 4 heteroatoms. The fourth-order valence-corrected chi connectivity index (χ4v) is 4.97. The monoisotopic (exact) mass is 478 g/mol. The Morgan fingerprint density at radius 3 is 2.17 bits per heavy atom. The summed E-state index contributed by atoms with van der Waals surface area (Å²) in [4.78, 5) is 0.